The van der Waals surface area contributed by atoms with Gasteiger partial charge in [0.2, 0.25) is 0 Å². The van der Waals surface area contributed by atoms with Gasteiger partial charge in [0.25, 0.3) is 5.91 Å². The van der Waals surface area contributed by atoms with Crippen molar-refractivity contribution >= 4 is 5.91 Å². The lowest BCUT2D eigenvalue weighted by atomic mass is 9.91. The van der Waals surface area contributed by atoms with E-state index < -0.39 is 5.60 Å². The largest absolute Gasteiger partial charge is 0.493 e. The van der Waals surface area contributed by atoms with Crippen LogP contribution in [0.5, 0.6) is 11.5 Å². The molecule has 6 nitrogen and oxygen atoms in total. The number of carbonyl (C=O) groups is 1. The molecule has 1 amide bonds. The first-order chi connectivity index (χ1) is 11.6. The van der Waals surface area contributed by atoms with Crippen molar-refractivity contribution in [2.45, 2.75) is 38.3 Å². The van der Waals surface area contributed by atoms with E-state index in [0.29, 0.717) is 37.6 Å². The summed E-state index contributed by atoms with van der Waals surface area (Å²) >= 11 is 0. The van der Waals surface area contributed by atoms with E-state index in [4.69, 9.17) is 9.47 Å². The first kappa shape index (κ1) is 18.5. The van der Waals surface area contributed by atoms with Gasteiger partial charge in [-0.1, -0.05) is 19.1 Å². The molecule has 1 aliphatic heterocycles. The van der Waals surface area contributed by atoms with E-state index >= 15 is 0 Å². The number of carbonyl (C=O) groups excluding carboxylic acids is 1. The third-order valence-electron chi connectivity index (χ3n) is 4.39. The Bertz CT molecular complexity index is 564. The molecule has 1 saturated heterocycles. The molecule has 0 aromatic heterocycles. The van der Waals surface area contributed by atoms with Crippen molar-refractivity contribution in [3.63, 3.8) is 0 Å². The molecule has 6 heteroatoms. The number of likely N-dealkylation sites (tertiary alicyclic amines) is 1. The van der Waals surface area contributed by atoms with E-state index in [2.05, 4.69) is 12.2 Å². The summed E-state index contributed by atoms with van der Waals surface area (Å²) in [4.78, 5) is 14.5. The number of methoxy groups -OCH3 is 2. The van der Waals surface area contributed by atoms with Gasteiger partial charge in [-0.05, 0) is 31.9 Å². The minimum absolute atomic E-state index is 0.220. The fourth-order valence-corrected chi connectivity index (χ4v) is 3.14. The number of hydrogen-bond acceptors (Lipinski definition) is 5. The summed E-state index contributed by atoms with van der Waals surface area (Å²) < 4.78 is 10.7. The van der Waals surface area contributed by atoms with Gasteiger partial charge in [-0.15, -0.1) is 0 Å². The third-order valence-corrected chi connectivity index (χ3v) is 4.39. The van der Waals surface area contributed by atoms with Crippen LogP contribution in [0, 0.1) is 0 Å². The molecule has 0 bridgehead atoms. The lowest BCUT2D eigenvalue weighted by Crippen LogP contribution is -2.57. The zero-order valence-corrected chi connectivity index (χ0v) is 14.8. The molecule has 1 heterocycles. The predicted octanol–water partition coefficient (Wildman–Crippen LogP) is 1.56. The molecule has 2 rings (SSSR count). The second-order valence-electron chi connectivity index (χ2n) is 6.19. The monoisotopic (exact) mass is 336 g/mol. The number of benzene rings is 1. The fraction of sp³-hybridized carbons (Fsp3) is 0.611. The Labute approximate surface area is 143 Å². The Morgan fingerprint density at radius 2 is 2.12 bits per heavy atom. The Balaban J connectivity index is 2.13. The van der Waals surface area contributed by atoms with Crippen LogP contribution < -0.4 is 14.8 Å². The summed E-state index contributed by atoms with van der Waals surface area (Å²) in [6.45, 7) is 4.18. The number of nitrogens with one attached hydrogen (secondary N) is 1. The summed E-state index contributed by atoms with van der Waals surface area (Å²) in [5.74, 6) is 1.05. The van der Waals surface area contributed by atoms with Crippen LogP contribution >= 0.6 is 0 Å². The Hall–Kier alpha value is -1.79. The van der Waals surface area contributed by atoms with Crippen LogP contribution in [0.1, 0.15) is 31.7 Å². The zero-order valence-electron chi connectivity index (χ0n) is 14.8. The van der Waals surface area contributed by atoms with Gasteiger partial charge in [0.15, 0.2) is 17.1 Å². The molecule has 0 aliphatic carbocycles. The van der Waals surface area contributed by atoms with Crippen molar-refractivity contribution in [1.82, 2.24) is 10.2 Å². The van der Waals surface area contributed by atoms with Gasteiger partial charge in [0.1, 0.15) is 0 Å². The predicted molar refractivity (Wildman–Crippen MR) is 92.3 cm³/mol. The van der Waals surface area contributed by atoms with E-state index in [0.717, 1.165) is 24.9 Å². The first-order valence-corrected chi connectivity index (χ1v) is 8.48. The number of nitrogens with zero attached hydrogens (tertiary/aromatic N) is 1. The van der Waals surface area contributed by atoms with Gasteiger partial charge in [-0.3, -0.25) is 4.79 Å². The summed E-state index contributed by atoms with van der Waals surface area (Å²) in [6.07, 6.45) is 2.24. The van der Waals surface area contributed by atoms with Gasteiger partial charge >= 0.3 is 0 Å². The molecule has 0 spiro atoms. The van der Waals surface area contributed by atoms with Crippen molar-refractivity contribution < 1.29 is 19.4 Å². The lowest BCUT2D eigenvalue weighted by molar-refractivity contribution is -0.157. The average molecular weight is 336 g/mol. The van der Waals surface area contributed by atoms with Crippen molar-refractivity contribution in [3.8, 4) is 11.5 Å². The highest BCUT2D eigenvalue weighted by Crippen LogP contribution is 2.33. The molecule has 134 valence electrons. The molecule has 1 aromatic carbocycles. The van der Waals surface area contributed by atoms with Crippen LogP contribution in [0.15, 0.2) is 18.2 Å². The number of amides is 1. The maximum absolute atomic E-state index is 12.8. The number of ether oxygens (including phenoxy) is 2. The Kier molecular flexibility index (Phi) is 6.45. The van der Waals surface area contributed by atoms with Crippen molar-refractivity contribution in [1.29, 1.82) is 0 Å². The van der Waals surface area contributed by atoms with Crippen molar-refractivity contribution in [3.05, 3.63) is 23.8 Å². The first-order valence-electron chi connectivity index (χ1n) is 8.48. The molecule has 1 aromatic rings. The molecule has 1 atom stereocenters. The van der Waals surface area contributed by atoms with Crippen molar-refractivity contribution in [2.75, 3.05) is 33.9 Å². The summed E-state index contributed by atoms with van der Waals surface area (Å²) in [5.41, 5.74) is -0.449. The van der Waals surface area contributed by atoms with Gasteiger partial charge in [-0.2, -0.15) is 0 Å². The smallest absolute Gasteiger partial charge is 0.256 e. The average Bonchev–Trinajstić information content (AvgIpc) is 2.59. The summed E-state index contributed by atoms with van der Waals surface area (Å²) in [7, 11) is 3.18. The molecule has 0 radical (unpaired) electrons. The van der Waals surface area contributed by atoms with Gasteiger partial charge in [-0.25, -0.2) is 0 Å². The number of aliphatic hydroxyl groups is 1. The van der Waals surface area contributed by atoms with Crippen LogP contribution in [0.2, 0.25) is 0 Å². The maximum Gasteiger partial charge on any atom is 0.256 e. The number of rotatable bonds is 8. The quantitative estimate of drug-likeness (QED) is 0.705. The van der Waals surface area contributed by atoms with Gasteiger partial charge < -0.3 is 24.8 Å². The molecule has 24 heavy (non-hydrogen) atoms. The van der Waals surface area contributed by atoms with E-state index in [1.807, 2.05) is 18.2 Å². The second-order valence-corrected chi connectivity index (χ2v) is 6.19. The normalized spacial score (nSPS) is 21.0. The minimum atomic E-state index is -1.32. The topological polar surface area (TPSA) is 71.0 Å². The van der Waals surface area contributed by atoms with Gasteiger partial charge in [0.05, 0.1) is 14.2 Å². The minimum Gasteiger partial charge on any atom is -0.493 e. The van der Waals surface area contributed by atoms with E-state index in [1.54, 1.807) is 19.1 Å². The van der Waals surface area contributed by atoms with Crippen LogP contribution in [0.25, 0.3) is 0 Å². The van der Waals surface area contributed by atoms with Crippen LogP contribution in [0.3, 0.4) is 0 Å². The van der Waals surface area contributed by atoms with Crippen LogP contribution in [0.4, 0.5) is 0 Å². The third kappa shape index (κ3) is 3.99. The molecule has 2 N–H and O–H groups in total. The lowest BCUT2D eigenvalue weighted by Gasteiger charge is -2.38. The van der Waals surface area contributed by atoms with Crippen LogP contribution in [-0.2, 0) is 11.3 Å². The Morgan fingerprint density at radius 3 is 2.79 bits per heavy atom. The number of para-hydroxylation sites is 1. The number of hydrogen-bond donors (Lipinski definition) is 2. The summed E-state index contributed by atoms with van der Waals surface area (Å²) in [6, 6.07) is 5.61. The van der Waals surface area contributed by atoms with Gasteiger partial charge in [0, 0.05) is 25.2 Å². The molecular weight excluding hydrogens is 308 g/mol. The van der Waals surface area contributed by atoms with E-state index in [1.165, 1.54) is 0 Å². The molecule has 0 saturated carbocycles. The molecule has 1 aliphatic rings. The number of piperidine rings is 1. The molecular formula is C18H28N2O4. The standard InChI is InChI=1S/C18H28N2O4/c1-4-10-19-13-18(22)9-6-11-20(17(18)21)12-14-7-5-8-15(23-2)16(14)24-3/h5,7-8,19,22H,4,6,9-13H2,1-3H3. The van der Waals surface area contributed by atoms with Crippen molar-refractivity contribution in [2.24, 2.45) is 0 Å². The highest BCUT2D eigenvalue weighted by Gasteiger charge is 2.41. The Morgan fingerprint density at radius 1 is 1.33 bits per heavy atom. The van der Waals surface area contributed by atoms with E-state index in [9.17, 15) is 9.90 Å². The highest BCUT2D eigenvalue weighted by atomic mass is 16.5. The summed E-state index contributed by atoms with van der Waals surface area (Å²) in [5, 5.41) is 13.9. The SMILES string of the molecule is CCCNCC1(O)CCCN(Cc2cccc(OC)c2OC)C1=O. The molecule has 1 unspecified atom stereocenters. The van der Waals surface area contributed by atoms with Crippen LogP contribution in [-0.4, -0.2) is 55.4 Å². The fourth-order valence-electron chi connectivity index (χ4n) is 3.14. The highest BCUT2D eigenvalue weighted by molar-refractivity contribution is 5.86. The maximum atomic E-state index is 12.8. The molecule has 1 fully saturated rings. The zero-order chi connectivity index (χ0) is 17.6. The van der Waals surface area contributed by atoms with E-state index in [-0.39, 0.29) is 5.91 Å². The second kappa shape index (κ2) is 8.35.